The van der Waals surface area contributed by atoms with Gasteiger partial charge in [-0.3, -0.25) is 4.79 Å². The predicted molar refractivity (Wildman–Crippen MR) is 118 cm³/mol. The van der Waals surface area contributed by atoms with E-state index in [0.717, 1.165) is 18.0 Å². The number of nitrogens with zero attached hydrogens (tertiary/aromatic N) is 2. The van der Waals surface area contributed by atoms with Gasteiger partial charge in [-0.05, 0) is 52.4 Å². The second-order valence-corrected chi connectivity index (χ2v) is 11.0. The second-order valence-electron chi connectivity index (χ2n) is 9.96. The van der Waals surface area contributed by atoms with Crippen LogP contribution in [0, 0.1) is 0 Å². The monoisotopic (exact) mass is 434 g/mol. The summed E-state index contributed by atoms with van der Waals surface area (Å²) >= 11 is 1.76. The highest BCUT2D eigenvalue weighted by atomic mass is 32.1. The SMILES string of the molecule is CC(C)(C)OC(=O)N[C@H]1C[C@H](N2CC(Nc3ncc(C4CCCCC4)s3)CC2=O)C1. The van der Waals surface area contributed by atoms with Crippen LogP contribution in [-0.2, 0) is 9.53 Å². The van der Waals surface area contributed by atoms with Crippen molar-refractivity contribution in [1.29, 1.82) is 0 Å². The largest absolute Gasteiger partial charge is 0.444 e. The van der Waals surface area contributed by atoms with Crippen LogP contribution in [-0.4, -0.2) is 52.2 Å². The minimum Gasteiger partial charge on any atom is -0.444 e. The van der Waals surface area contributed by atoms with Gasteiger partial charge in [0.2, 0.25) is 5.91 Å². The van der Waals surface area contributed by atoms with Gasteiger partial charge in [0, 0.05) is 36.1 Å². The third-order valence-electron chi connectivity index (χ3n) is 6.29. The molecule has 2 saturated carbocycles. The molecule has 1 aromatic rings. The molecule has 2 N–H and O–H groups in total. The van der Waals surface area contributed by atoms with E-state index in [4.69, 9.17) is 4.74 Å². The van der Waals surface area contributed by atoms with Gasteiger partial charge < -0.3 is 20.3 Å². The van der Waals surface area contributed by atoms with Crippen molar-refractivity contribution in [3.63, 3.8) is 0 Å². The lowest BCUT2D eigenvalue weighted by Gasteiger charge is -2.41. The fourth-order valence-corrected chi connectivity index (χ4v) is 5.78. The number of ether oxygens (including phenoxy) is 1. The number of carbonyl (C=O) groups excluding carboxylic acids is 2. The fourth-order valence-electron chi connectivity index (χ4n) is 4.72. The summed E-state index contributed by atoms with van der Waals surface area (Å²) in [6.07, 6.45) is 10.3. The maximum Gasteiger partial charge on any atom is 0.407 e. The highest BCUT2D eigenvalue weighted by molar-refractivity contribution is 7.15. The van der Waals surface area contributed by atoms with Gasteiger partial charge in [-0.2, -0.15) is 0 Å². The van der Waals surface area contributed by atoms with Crippen LogP contribution >= 0.6 is 11.3 Å². The third-order valence-corrected chi connectivity index (χ3v) is 7.38. The number of amides is 2. The molecule has 166 valence electrons. The number of nitrogens with one attached hydrogen (secondary N) is 2. The molecule has 0 spiro atoms. The molecule has 2 aliphatic carbocycles. The van der Waals surface area contributed by atoms with Crippen LogP contribution in [0.4, 0.5) is 9.93 Å². The molecular weight excluding hydrogens is 400 g/mol. The van der Waals surface area contributed by atoms with Crippen molar-refractivity contribution >= 4 is 28.5 Å². The topological polar surface area (TPSA) is 83.6 Å². The van der Waals surface area contributed by atoms with Crippen LogP contribution in [0.15, 0.2) is 6.20 Å². The van der Waals surface area contributed by atoms with Crippen LogP contribution in [0.2, 0.25) is 0 Å². The van der Waals surface area contributed by atoms with Gasteiger partial charge in [0.1, 0.15) is 5.60 Å². The highest BCUT2D eigenvalue weighted by Gasteiger charge is 2.42. The number of hydrogen-bond donors (Lipinski definition) is 2. The molecule has 7 nitrogen and oxygen atoms in total. The molecule has 0 aromatic carbocycles. The Morgan fingerprint density at radius 1 is 1.20 bits per heavy atom. The molecule has 0 bridgehead atoms. The molecule has 1 unspecified atom stereocenters. The van der Waals surface area contributed by atoms with Crippen LogP contribution in [0.3, 0.4) is 0 Å². The lowest BCUT2D eigenvalue weighted by Crippen LogP contribution is -2.55. The first-order valence-corrected chi connectivity index (χ1v) is 12.1. The first kappa shape index (κ1) is 21.4. The molecule has 2 heterocycles. The number of anilines is 1. The summed E-state index contributed by atoms with van der Waals surface area (Å²) in [6.45, 7) is 6.27. The van der Waals surface area contributed by atoms with Gasteiger partial charge in [0.15, 0.2) is 5.13 Å². The Morgan fingerprint density at radius 2 is 1.93 bits per heavy atom. The molecule has 1 aromatic heterocycles. The Kier molecular flexibility index (Phi) is 6.23. The second kappa shape index (κ2) is 8.73. The van der Waals surface area contributed by atoms with E-state index >= 15 is 0 Å². The number of likely N-dealkylation sites (tertiary alicyclic amines) is 1. The number of rotatable bonds is 5. The summed E-state index contributed by atoms with van der Waals surface area (Å²) in [4.78, 5) is 32.4. The van der Waals surface area contributed by atoms with Gasteiger partial charge in [-0.25, -0.2) is 9.78 Å². The first-order chi connectivity index (χ1) is 14.3. The number of aromatic nitrogens is 1. The van der Waals surface area contributed by atoms with Crippen molar-refractivity contribution in [3.8, 4) is 0 Å². The number of alkyl carbamates (subject to hydrolysis) is 1. The minimum atomic E-state index is -0.496. The summed E-state index contributed by atoms with van der Waals surface area (Å²) in [5, 5.41) is 7.33. The quantitative estimate of drug-likeness (QED) is 0.723. The molecule has 0 radical (unpaired) electrons. The summed E-state index contributed by atoms with van der Waals surface area (Å²) in [7, 11) is 0. The molecule has 4 rings (SSSR count). The standard InChI is InChI=1S/C22H34N4O3S/c1-22(2,3)29-21(28)25-15-9-17(10-15)26-13-16(11-19(26)27)24-20-23-12-18(30-20)14-7-5-4-6-8-14/h12,14-17H,4-11,13H2,1-3H3,(H,23,24)(H,25,28)/t15-,16?,17-. The van der Waals surface area contributed by atoms with E-state index in [1.165, 1.54) is 37.0 Å². The van der Waals surface area contributed by atoms with E-state index in [0.29, 0.717) is 18.9 Å². The van der Waals surface area contributed by atoms with Crippen molar-refractivity contribution in [3.05, 3.63) is 11.1 Å². The molecule has 1 aliphatic heterocycles. The van der Waals surface area contributed by atoms with Crippen LogP contribution in [0.5, 0.6) is 0 Å². The van der Waals surface area contributed by atoms with Crippen molar-refractivity contribution in [2.75, 3.05) is 11.9 Å². The van der Waals surface area contributed by atoms with Gasteiger partial charge in [0.25, 0.3) is 0 Å². The minimum absolute atomic E-state index is 0.0849. The van der Waals surface area contributed by atoms with Crippen LogP contribution in [0.1, 0.15) is 82.9 Å². The summed E-state index contributed by atoms with van der Waals surface area (Å²) in [6, 6.07) is 0.403. The van der Waals surface area contributed by atoms with E-state index < -0.39 is 5.60 Å². The third kappa shape index (κ3) is 5.25. The first-order valence-electron chi connectivity index (χ1n) is 11.3. The normalized spacial score (nSPS) is 27.6. The van der Waals surface area contributed by atoms with Crippen molar-refractivity contribution in [2.24, 2.45) is 0 Å². The van der Waals surface area contributed by atoms with Gasteiger partial charge in [-0.1, -0.05) is 19.3 Å². The maximum atomic E-state index is 12.5. The van der Waals surface area contributed by atoms with E-state index in [9.17, 15) is 9.59 Å². The number of hydrogen-bond acceptors (Lipinski definition) is 6. The average molecular weight is 435 g/mol. The Hall–Kier alpha value is -1.83. The fraction of sp³-hybridized carbons (Fsp3) is 0.773. The predicted octanol–water partition coefficient (Wildman–Crippen LogP) is 4.26. The van der Waals surface area contributed by atoms with Crippen molar-refractivity contribution < 1.29 is 14.3 Å². The van der Waals surface area contributed by atoms with Crippen LogP contribution in [0.25, 0.3) is 0 Å². The summed E-state index contributed by atoms with van der Waals surface area (Å²) in [5.74, 6) is 0.857. The zero-order chi connectivity index (χ0) is 21.3. The molecule has 2 amide bonds. The van der Waals surface area contributed by atoms with Gasteiger partial charge in [0.05, 0.1) is 6.04 Å². The smallest absolute Gasteiger partial charge is 0.407 e. The zero-order valence-electron chi connectivity index (χ0n) is 18.3. The summed E-state index contributed by atoms with van der Waals surface area (Å²) in [5.41, 5.74) is -0.496. The molecule has 3 fully saturated rings. The van der Waals surface area contributed by atoms with E-state index in [2.05, 4.69) is 15.6 Å². The van der Waals surface area contributed by atoms with E-state index in [-0.39, 0.29) is 30.1 Å². The maximum absolute atomic E-state index is 12.5. The van der Waals surface area contributed by atoms with E-state index in [1.807, 2.05) is 31.9 Å². The molecule has 1 atom stereocenters. The molecule has 1 saturated heterocycles. The number of carbonyl (C=O) groups is 2. The lowest BCUT2D eigenvalue weighted by atomic mass is 9.85. The van der Waals surface area contributed by atoms with Crippen molar-refractivity contribution in [1.82, 2.24) is 15.2 Å². The highest BCUT2D eigenvalue weighted by Crippen LogP contribution is 2.37. The van der Waals surface area contributed by atoms with E-state index in [1.54, 1.807) is 11.3 Å². The van der Waals surface area contributed by atoms with Crippen LogP contribution < -0.4 is 10.6 Å². The molecule has 30 heavy (non-hydrogen) atoms. The zero-order valence-corrected chi connectivity index (χ0v) is 19.1. The Balaban J connectivity index is 1.22. The average Bonchev–Trinajstić information content (AvgIpc) is 3.24. The molecular formula is C22H34N4O3S. The Morgan fingerprint density at radius 3 is 2.63 bits per heavy atom. The Bertz CT molecular complexity index is 763. The molecule has 3 aliphatic rings. The van der Waals surface area contributed by atoms with Crippen molar-refractivity contribution in [2.45, 2.75) is 102 Å². The number of thiazole rings is 1. The van der Waals surface area contributed by atoms with Gasteiger partial charge >= 0.3 is 6.09 Å². The van der Waals surface area contributed by atoms with Gasteiger partial charge in [-0.15, -0.1) is 11.3 Å². The summed E-state index contributed by atoms with van der Waals surface area (Å²) < 4.78 is 5.31. The Labute approximate surface area is 183 Å². The lowest BCUT2D eigenvalue weighted by molar-refractivity contribution is -0.131. The molecule has 8 heteroatoms.